The topological polar surface area (TPSA) is 64.6 Å². The van der Waals surface area contributed by atoms with E-state index < -0.39 is 5.60 Å². The van der Waals surface area contributed by atoms with Crippen LogP contribution in [-0.4, -0.2) is 24.0 Å². The number of benzene rings is 4. The predicted octanol–water partition coefficient (Wildman–Crippen LogP) is 8.45. The number of esters is 1. The lowest BCUT2D eigenvalue weighted by atomic mass is 9.93. The van der Waals surface area contributed by atoms with Crippen LogP contribution in [-0.2, 0) is 16.0 Å². The summed E-state index contributed by atoms with van der Waals surface area (Å²) in [5.74, 6) is -0.366. The lowest BCUT2D eigenvalue weighted by Gasteiger charge is -2.19. The number of ether oxygens (including phenoxy) is 2. The largest absolute Gasteiger partial charge is 0.465 e. The quantitative estimate of drug-likeness (QED) is 0.193. The Morgan fingerprint density at radius 3 is 2.24 bits per heavy atom. The number of thioether (sulfide) groups is 1. The van der Waals surface area contributed by atoms with Crippen molar-refractivity contribution in [2.24, 2.45) is 0 Å². The highest BCUT2D eigenvalue weighted by molar-refractivity contribution is 8.13. The third-order valence-corrected chi connectivity index (χ3v) is 6.61. The summed E-state index contributed by atoms with van der Waals surface area (Å²) in [6, 6.07) is 31.6. The summed E-state index contributed by atoms with van der Waals surface area (Å²) < 4.78 is 10.4. The van der Waals surface area contributed by atoms with Crippen LogP contribution in [0.4, 0.5) is 10.5 Å². The molecular weight excluding hydrogens is 494 g/mol. The number of hydrogen-bond donors (Lipinski definition) is 1. The number of rotatable bonds is 7. The normalized spacial score (nSPS) is 11.1. The van der Waals surface area contributed by atoms with Gasteiger partial charge in [0.2, 0.25) is 0 Å². The van der Waals surface area contributed by atoms with E-state index in [9.17, 15) is 9.59 Å². The Kier molecular flexibility index (Phi) is 8.54. The molecule has 4 rings (SSSR count). The first-order chi connectivity index (χ1) is 18.2. The molecule has 0 amide bonds. The molecule has 0 fully saturated rings. The molecule has 6 heteroatoms. The second kappa shape index (κ2) is 12.0. The van der Waals surface area contributed by atoms with E-state index in [1.54, 1.807) is 6.07 Å². The second-order valence-corrected chi connectivity index (χ2v) is 10.7. The van der Waals surface area contributed by atoms with Gasteiger partial charge in [-0.3, -0.25) is 0 Å². The van der Waals surface area contributed by atoms with Crippen LogP contribution in [0.1, 0.15) is 36.7 Å². The number of anilines is 1. The molecule has 0 heterocycles. The maximum absolute atomic E-state index is 12.4. The summed E-state index contributed by atoms with van der Waals surface area (Å²) in [7, 11) is 1.38. The van der Waals surface area contributed by atoms with Crippen molar-refractivity contribution in [1.82, 2.24) is 0 Å². The predicted molar refractivity (Wildman–Crippen MR) is 155 cm³/mol. The van der Waals surface area contributed by atoms with E-state index in [-0.39, 0.29) is 11.3 Å². The second-order valence-electron chi connectivity index (χ2n) is 9.73. The van der Waals surface area contributed by atoms with Gasteiger partial charge in [-0.1, -0.05) is 66.7 Å². The van der Waals surface area contributed by atoms with E-state index in [1.165, 1.54) is 7.11 Å². The van der Waals surface area contributed by atoms with Gasteiger partial charge in [0.1, 0.15) is 5.60 Å². The van der Waals surface area contributed by atoms with Crippen molar-refractivity contribution in [3.05, 3.63) is 108 Å². The van der Waals surface area contributed by atoms with Crippen molar-refractivity contribution >= 4 is 28.7 Å². The van der Waals surface area contributed by atoms with Gasteiger partial charge in [0, 0.05) is 17.1 Å². The van der Waals surface area contributed by atoms with Crippen molar-refractivity contribution in [3.63, 3.8) is 0 Å². The Labute approximate surface area is 228 Å². The van der Waals surface area contributed by atoms with Crippen LogP contribution >= 0.6 is 11.8 Å². The van der Waals surface area contributed by atoms with Gasteiger partial charge >= 0.3 is 11.3 Å². The molecule has 194 valence electrons. The first kappa shape index (κ1) is 27.0. The van der Waals surface area contributed by atoms with Crippen molar-refractivity contribution in [2.75, 3.05) is 12.4 Å². The first-order valence-electron chi connectivity index (χ1n) is 12.3. The van der Waals surface area contributed by atoms with E-state index in [2.05, 4.69) is 29.6 Å². The molecule has 38 heavy (non-hydrogen) atoms. The maximum Gasteiger partial charge on any atom is 0.372 e. The highest BCUT2D eigenvalue weighted by Gasteiger charge is 2.18. The summed E-state index contributed by atoms with van der Waals surface area (Å²) >= 11 is 1.10. The molecule has 0 aliphatic heterocycles. The molecule has 0 unspecified atom stereocenters. The fourth-order valence-corrected chi connectivity index (χ4v) is 4.89. The lowest BCUT2D eigenvalue weighted by Crippen LogP contribution is -2.21. The van der Waals surface area contributed by atoms with E-state index in [4.69, 9.17) is 9.47 Å². The Bertz CT molecular complexity index is 1430. The van der Waals surface area contributed by atoms with Gasteiger partial charge < -0.3 is 14.8 Å². The lowest BCUT2D eigenvalue weighted by molar-refractivity contribution is 0.0600. The van der Waals surface area contributed by atoms with Gasteiger partial charge in [-0.25, -0.2) is 9.59 Å². The van der Waals surface area contributed by atoms with Gasteiger partial charge in [0.05, 0.1) is 12.7 Å². The van der Waals surface area contributed by atoms with Crippen LogP contribution in [0.5, 0.6) is 0 Å². The molecule has 5 nitrogen and oxygen atoms in total. The average molecular weight is 526 g/mol. The Morgan fingerprint density at radius 1 is 0.789 bits per heavy atom. The average Bonchev–Trinajstić information content (AvgIpc) is 2.91. The summed E-state index contributed by atoms with van der Waals surface area (Å²) in [5.41, 5.74) is 5.94. The molecule has 0 radical (unpaired) electrons. The number of carbonyl (C=O) groups is 2. The summed E-state index contributed by atoms with van der Waals surface area (Å²) in [6.07, 6.45) is 0. The number of nitrogens with one attached hydrogen (secondary N) is 1. The smallest absolute Gasteiger partial charge is 0.372 e. The molecule has 0 bridgehead atoms. The highest BCUT2D eigenvalue weighted by atomic mass is 32.2. The standard InChI is InChI=1S/C32H31NO4S/c1-32(2,3)37-31(35)38-29-16-9-8-13-25(29)21-33-26-17-18-27(28(20-26)22-11-6-5-7-12-22)23-14-10-15-24(19-23)30(34)36-4/h5-20,33H,21H2,1-4H3. The minimum atomic E-state index is -0.538. The van der Waals surface area contributed by atoms with Gasteiger partial charge in [-0.2, -0.15) is 0 Å². The van der Waals surface area contributed by atoms with Gasteiger partial charge in [0.15, 0.2) is 0 Å². The zero-order valence-corrected chi connectivity index (χ0v) is 22.8. The van der Waals surface area contributed by atoms with Gasteiger partial charge in [-0.15, -0.1) is 0 Å². The SMILES string of the molecule is COC(=O)c1cccc(-c2ccc(NCc3ccccc3SC(=O)OC(C)(C)C)cc2-c2ccccc2)c1. The van der Waals surface area contributed by atoms with Crippen LogP contribution in [0.3, 0.4) is 0 Å². The molecule has 1 N–H and O–H groups in total. The number of carbonyl (C=O) groups excluding carboxylic acids is 2. The molecular formula is C32H31NO4S. The Morgan fingerprint density at radius 2 is 1.50 bits per heavy atom. The van der Waals surface area contributed by atoms with Crippen LogP contribution in [0.2, 0.25) is 0 Å². The van der Waals surface area contributed by atoms with Crippen LogP contribution in [0, 0.1) is 0 Å². The molecule has 0 aliphatic carbocycles. The summed E-state index contributed by atoms with van der Waals surface area (Å²) in [5, 5.41) is 3.19. The van der Waals surface area contributed by atoms with E-state index in [1.807, 2.05) is 87.5 Å². The monoisotopic (exact) mass is 525 g/mol. The molecule has 0 spiro atoms. The maximum atomic E-state index is 12.4. The summed E-state index contributed by atoms with van der Waals surface area (Å²) in [6.45, 7) is 6.12. The first-order valence-corrected chi connectivity index (χ1v) is 13.2. The molecule has 0 atom stereocenters. The Hall–Kier alpha value is -4.03. The molecule has 4 aromatic rings. The third-order valence-electron chi connectivity index (χ3n) is 5.74. The van der Waals surface area contributed by atoms with E-state index in [0.29, 0.717) is 12.1 Å². The van der Waals surface area contributed by atoms with Gasteiger partial charge in [0.25, 0.3) is 0 Å². The van der Waals surface area contributed by atoms with Crippen LogP contribution in [0.25, 0.3) is 22.3 Å². The minimum absolute atomic E-state index is 0.324. The molecule has 0 aromatic heterocycles. The number of hydrogen-bond acceptors (Lipinski definition) is 6. The van der Waals surface area contributed by atoms with Gasteiger partial charge in [-0.05, 0) is 90.7 Å². The third kappa shape index (κ3) is 7.05. The van der Waals surface area contributed by atoms with Crippen molar-refractivity contribution in [2.45, 2.75) is 37.8 Å². The minimum Gasteiger partial charge on any atom is -0.465 e. The van der Waals surface area contributed by atoms with Crippen molar-refractivity contribution in [3.8, 4) is 22.3 Å². The molecule has 0 saturated carbocycles. The number of methoxy groups -OCH3 is 1. The van der Waals surface area contributed by atoms with Crippen LogP contribution < -0.4 is 5.32 Å². The zero-order valence-electron chi connectivity index (χ0n) is 22.0. The molecule has 4 aromatic carbocycles. The molecule has 0 aliphatic rings. The zero-order chi connectivity index (χ0) is 27.1. The fourth-order valence-electron chi connectivity index (χ4n) is 4.00. The fraction of sp³-hybridized carbons (Fsp3) is 0.188. The van der Waals surface area contributed by atoms with Crippen molar-refractivity contribution in [1.29, 1.82) is 0 Å². The Balaban J connectivity index is 1.62. The van der Waals surface area contributed by atoms with Crippen molar-refractivity contribution < 1.29 is 19.1 Å². The molecule has 0 saturated heterocycles. The van der Waals surface area contributed by atoms with E-state index in [0.717, 1.165) is 50.2 Å². The van der Waals surface area contributed by atoms with E-state index >= 15 is 0 Å². The van der Waals surface area contributed by atoms with Crippen LogP contribution in [0.15, 0.2) is 102 Å². The summed E-state index contributed by atoms with van der Waals surface area (Å²) in [4.78, 5) is 25.4. The highest BCUT2D eigenvalue weighted by Crippen LogP contribution is 2.35.